The minimum atomic E-state index is -0.144. The van der Waals surface area contributed by atoms with Crippen LogP contribution in [0.15, 0.2) is 35.1 Å². The lowest BCUT2D eigenvalue weighted by atomic mass is 9.79. The summed E-state index contributed by atoms with van der Waals surface area (Å²) < 4.78 is 1.69. The first-order valence-electron chi connectivity index (χ1n) is 10.5. The van der Waals surface area contributed by atoms with Gasteiger partial charge in [-0.15, -0.1) is 0 Å². The molecular formula is C24H32N4O2. The van der Waals surface area contributed by atoms with E-state index in [1.54, 1.807) is 4.68 Å². The maximum Gasteiger partial charge on any atom is 0.253 e. The quantitative estimate of drug-likeness (QED) is 0.626. The highest BCUT2D eigenvalue weighted by atomic mass is 16.1. The van der Waals surface area contributed by atoms with E-state index in [1.165, 1.54) is 5.56 Å². The number of aryl methyl sites for hydroxylation is 3. The molecule has 2 heterocycles. The second-order valence-corrected chi connectivity index (χ2v) is 8.91. The van der Waals surface area contributed by atoms with Gasteiger partial charge in [-0.3, -0.25) is 14.3 Å². The van der Waals surface area contributed by atoms with E-state index in [0.717, 1.165) is 28.7 Å². The second kappa shape index (κ2) is 8.46. The number of hydrogen-bond acceptors (Lipinski definition) is 3. The Morgan fingerprint density at radius 1 is 1.23 bits per heavy atom. The third kappa shape index (κ3) is 4.48. The number of rotatable bonds is 7. The molecule has 0 spiro atoms. The van der Waals surface area contributed by atoms with Crippen molar-refractivity contribution in [1.29, 1.82) is 0 Å². The van der Waals surface area contributed by atoms with E-state index >= 15 is 0 Å². The van der Waals surface area contributed by atoms with Crippen molar-refractivity contribution >= 4 is 16.9 Å². The highest BCUT2D eigenvalue weighted by Gasteiger charge is 2.24. The summed E-state index contributed by atoms with van der Waals surface area (Å²) >= 11 is 0. The highest BCUT2D eigenvalue weighted by Crippen LogP contribution is 2.28. The van der Waals surface area contributed by atoms with E-state index in [0.29, 0.717) is 12.0 Å². The fourth-order valence-electron chi connectivity index (χ4n) is 4.46. The normalized spacial score (nSPS) is 12.9. The molecule has 30 heavy (non-hydrogen) atoms. The number of benzene rings is 1. The summed E-state index contributed by atoms with van der Waals surface area (Å²) in [6.45, 7) is 10.3. The summed E-state index contributed by atoms with van der Waals surface area (Å²) in [5.74, 6) is -0.0341. The van der Waals surface area contributed by atoms with Gasteiger partial charge in [0.15, 0.2) is 0 Å². The van der Waals surface area contributed by atoms with Crippen molar-refractivity contribution < 1.29 is 4.79 Å². The van der Waals surface area contributed by atoms with Crippen LogP contribution in [0.4, 0.5) is 0 Å². The van der Waals surface area contributed by atoms with Gasteiger partial charge in [0.25, 0.3) is 5.56 Å². The standard InChI is InChI=1S/C24H32N4O2/c1-15(14-24(4,5)18-10-8-7-9-11-18)25-20(29)13-12-19-16(2)21-17(3)27-28(6)22(21)26-23(19)30/h7-11,15H,12-14H2,1-6H3,(H,25,29)(H,26,30). The Labute approximate surface area is 177 Å². The summed E-state index contributed by atoms with van der Waals surface area (Å²) in [5, 5.41) is 8.46. The molecule has 0 saturated heterocycles. The van der Waals surface area contributed by atoms with Crippen molar-refractivity contribution in [1.82, 2.24) is 20.1 Å². The van der Waals surface area contributed by atoms with Gasteiger partial charge in [-0.2, -0.15) is 5.10 Å². The average Bonchev–Trinajstić information content (AvgIpc) is 2.95. The van der Waals surface area contributed by atoms with Gasteiger partial charge in [0, 0.05) is 30.5 Å². The van der Waals surface area contributed by atoms with Crippen molar-refractivity contribution in [3.63, 3.8) is 0 Å². The Balaban J connectivity index is 1.65. The molecule has 1 amide bonds. The van der Waals surface area contributed by atoms with Crippen LogP contribution in [-0.4, -0.2) is 26.7 Å². The molecule has 1 atom stereocenters. The molecule has 6 nitrogen and oxygen atoms in total. The van der Waals surface area contributed by atoms with Gasteiger partial charge in [0.1, 0.15) is 5.65 Å². The molecule has 1 unspecified atom stereocenters. The van der Waals surface area contributed by atoms with Gasteiger partial charge in [-0.1, -0.05) is 44.2 Å². The molecule has 6 heteroatoms. The smallest absolute Gasteiger partial charge is 0.253 e. The van der Waals surface area contributed by atoms with Crippen molar-refractivity contribution in [2.45, 2.75) is 65.3 Å². The Kier molecular flexibility index (Phi) is 6.15. The molecule has 2 aromatic heterocycles. The molecule has 2 N–H and O–H groups in total. The van der Waals surface area contributed by atoms with Crippen molar-refractivity contribution in [2.75, 3.05) is 0 Å². The summed E-state index contributed by atoms with van der Waals surface area (Å²) in [6, 6.07) is 10.4. The fraction of sp³-hybridized carbons (Fsp3) is 0.458. The maximum atomic E-state index is 12.6. The zero-order valence-electron chi connectivity index (χ0n) is 18.8. The SMILES string of the molecule is Cc1nn(C)c2[nH]c(=O)c(CCC(=O)NC(C)CC(C)(C)c3ccccc3)c(C)c12. The maximum absolute atomic E-state index is 12.6. The zero-order valence-corrected chi connectivity index (χ0v) is 18.8. The van der Waals surface area contributed by atoms with Crippen molar-refractivity contribution in [3.8, 4) is 0 Å². The van der Waals surface area contributed by atoms with Gasteiger partial charge < -0.3 is 10.3 Å². The van der Waals surface area contributed by atoms with Crippen LogP contribution in [0.3, 0.4) is 0 Å². The first kappa shape index (κ1) is 21.8. The summed E-state index contributed by atoms with van der Waals surface area (Å²) in [4.78, 5) is 28.0. The predicted octanol–water partition coefficient (Wildman–Crippen LogP) is 3.68. The Morgan fingerprint density at radius 2 is 1.90 bits per heavy atom. The van der Waals surface area contributed by atoms with E-state index in [-0.39, 0.29) is 29.3 Å². The molecule has 3 aromatic rings. The lowest BCUT2D eigenvalue weighted by molar-refractivity contribution is -0.121. The third-order valence-corrected chi connectivity index (χ3v) is 5.94. The molecule has 0 aliphatic heterocycles. The molecule has 0 radical (unpaired) electrons. The number of carbonyl (C=O) groups is 1. The van der Waals surface area contributed by atoms with Crippen LogP contribution in [0.25, 0.3) is 11.0 Å². The van der Waals surface area contributed by atoms with Crippen LogP contribution in [-0.2, 0) is 23.7 Å². The minimum Gasteiger partial charge on any atom is -0.354 e. The number of aromatic nitrogens is 3. The number of amides is 1. The number of fused-ring (bicyclic) bond motifs is 1. The van der Waals surface area contributed by atoms with E-state index in [1.807, 2.05) is 46.0 Å². The second-order valence-electron chi connectivity index (χ2n) is 8.91. The monoisotopic (exact) mass is 408 g/mol. The first-order valence-corrected chi connectivity index (χ1v) is 10.5. The number of aromatic amines is 1. The number of nitrogens with one attached hydrogen (secondary N) is 2. The Morgan fingerprint density at radius 3 is 2.57 bits per heavy atom. The van der Waals surface area contributed by atoms with E-state index < -0.39 is 0 Å². The largest absolute Gasteiger partial charge is 0.354 e. The van der Waals surface area contributed by atoms with Gasteiger partial charge in [-0.25, -0.2) is 0 Å². The number of nitrogens with zero attached hydrogens (tertiary/aromatic N) is 2. The summed E-state index contributed by atoms with van der Waals surface area (Å²) in [6.07, 6.45) is 1.53. The average molecular weight is 409 g/mol. The zero-order chi connectivity index (χ0) is 22.1. The third-order valence-electron chi connectivity index (χ3n) is 5.94. The summed E-state index contributed by atoms with van der Waals surface area (Å²) in [7, 11) is 1.82. The first-order chi connectivity index (χ1) is 14.1. The number of carbonyl (C=O) groups excluding carboxylic acids is 1. The molecule has 0 aliphatic rings. The van der Waals surface area contributed by atoms with Gasteiger partial charge in [-0.05, 0) is 50.2 Å². The molecule has 1 aromatic carbocycles. The lowest BCUT2D eigenvalue weighted by Crippen LogP contribution is -2.37. The van der Waals surface area contributed by atoms with Crippen LogP contribution in [0, 0.1) is 13.8 Å². The molecule has 0 fully saturated rings. The topological polar surface area (TPSA) is 79.8 Å². The lowest BCUT2D eigenvalue weighted by Gasteiger charge is -2.29. The molecule has 0 aliphatic carbocycles. The Hall–Kier alpha value is -2.89. The van der Waals surface area contributed by atoms with Crippen LogP contribution in [0.5, 0.6) is 0 Å². The van der Waals surface area contributed by atoms with Gasteiger partial charge in [0.05, 0.1) is 5.69 Å². The van der Waals surface area contributed by atoms with Gasteiger partial charge in [0.2, 0.25) is 5.91 Å². The molecule has 3 rings (SSSR count). The predicted molar refractivity (Wildman–Crippen MR) is 121 cm³/mol. The van der Waals surface area contributed by atoms with E-state index in [4.69, 9.17) is 0 Å². The fourth-order valence-corrected chi connectivity index (χ4v) is 4.46. The van der Waals surface area contributed by atoms with E-state index in [9.17, 15) is 9.59 Å². The Bertz CT molecular complexity index is 1110. The van der Waals surface area contributed by atoms with Crippen molar-refractivity contribution in [3.05, 3.63) is 63.1 Å². The minimum absolute atomic E-state index is 0.0341. The number of H-pyrrole nitrogens is 1. The van der Waals surface area contributed by atoms with E-state index in [2.05, 4.69) is 41.4 Å². The van der Waals surface area contributed by atoms with Crippen LogP contribution >= 0.6 is 0 Å². The summed E-state index contributed by atoms with van der Waals surface area (Å²) in [5.41, 5.74) is 4.24. The van der Waals surface area contributed by atoms with Crippen LogP contribution < -0.4 is 10.9 Å². The number of hydrogen-bond donors (Lipinski definition) is 2. The molecule has 0 saturated carbocycles. The highest BCUT2D eigenvalue weighted by molar-refractivity contribution is 5.83. The van der Waals surface area contributed by atoms with Crippen LogP contribution in [0.2, 0.25) is 0 Å². The van der Waals surface area contributed by atoms with Gasteiger partial charge >= 0.3 is 0 Å². The molecule has 160 valence electrons. The molecular weight excluding hydrogens is 376 g/mol. The van der Waals surface area contributed by atoms with Crippen molar-refractivity contribution in [2.24, 2.45) is 7.05 Å². The van der Waals surface area contributed by atoms with Crippen LogP contribution in [0.1, 0.15) is 56.0 Å². The number of pyridine rings is 1. The molecule has 0 bridgehead atoms.